The Morgan fingerprint density at radius 2 is 1.88 bits per heavy atom. The first-order valence-corrected chi connectivity index (χ1v) is 16.3. The lowest BCUT2D eigenvalue weighted by Crippen LogP contribution is -2.43. The first-order valence-electron chi connectivity index (χ1n) is 14.3. The predicted molar refractivity (Wildman–Crippen MR) is 158 cm³/mol. The van der Waals surface area contributed by atoms with E-state index in [0.29, 0.717) is 23.3 Å². The first kappa shape index (κ1) is 29.0. The number of sulfonamides is 1. The number of rotatable bonds is 0. The van der Waals surface area contributed by atoms with Gasteiger partial charge in [0, 0.05) is 23.7 Å². The highest BCUT2D eigenvalue weighted by Crippen LogP contribution is 2.41. The lowest BCUT2D eigenvalue weighted by molar-refractivity contribution is 0.0459. The van der Waals surface area contributed by atoms with Crippen LogP contribution in [0.1, 0.15) is 61.0 Å². The Kier molecular flexibility index (Phi) is 8.78. The number of aliphatic hydroxyl groups is 1. The maximum Gasteiger partial charge on any atom is 0.264 e. The summed E-state index contributed by atoms with van der Waals surface area (Å²) in [5.74, 6) is -0.0501. The fraction of sp³-hybridized carbons (Fsp3) is 0.516. The van der Waals surface area contributed by atoms with Crippen molar-refractivity contribution in [2.24, 2.45) is 23.7 Å². The van der Waals surface area contributed by atoms with Crippen molar-refractivity contribution >= 4 is 33.2 Å². The van der Waals surface area contributed by atoms with E-state index in [9.17, 15) is 18.3 Å². The Hall–Kier alpha value is -2.55. The molecule has 2 aliphatic heterocycles. The summed E-state index contributed by atoms with van der Waals surface area (Å²) in [6.45, 7) is 5.62. The average Bonchev–Trinajstić information content (AvgIpc) is 2.91. The molecule has 7 nitrogen and oxygen atoms in total. The summed E-state index contributed by atoms with van der Waals surface area (Å²) in [4.78, 5) is 15.4. The molecule has 0 unspecified atom stereocenters. The number of hydrogen-bond acceptors (Lipinski definition) is 6. The van der Waals surface area contributed by atoms with Gasteiger partial charge in [0.25, 0.3) is 5.91 Å². The third-order valence-corrected chi connectivity index (χ3v) is 10.5. The van der Waals surface area contributed by atoms with Gasteiger partial charge in [-0.25, -0.2) is 13.1 Å². The summed E-state index contributed by atoms with van der Waals surface area (Å²) in [5, 5.41) is 11.7. The van der Waals surface area contributed by atoms with Gasteiger partial charge in [-0.15, -0.1) is 0 Å². The van der Waals surface area contributed by atoms with E-state index in [1.807, 2.05) is 44.2 Å². The maximum atomic E-state index is 13.2. The molecule has 216 valence electrons. The van der Waals surface area contributed by atoms with Crippen LogP contribution in [-0.2, 0) is 23.1 Å². The third-order valence-electron chi connectivity index (χ3n) is 8.85. The summed E-state index contributed by atoms with van der Waals surface area (Å²) in [6, 6.07) is 11.0. The molecule has 0 aromatic heterocycles. The van der Waals surface area contributed by atoms with Crippen LogP contribution in [0.2, 0.25) is 5.02 Å². The number of carbonyl (C=O) groups excluding carboxylic acids is 1. The van der Waals surface area contributed by atoms with Crippen LogP contribution in [-0.4, -0.2) is 44.4 Å². The van der Waals surface area contributed by atoms with Crippen molar-refractivity contribution in [2.45, 2.75) is 58.7 Å². The lowest BCUT2D eigenvalue weighted by Gasteiger charge is -2.42. The summed E-state index contributed by atoms with van der Waals surface area (Å²) in [5.41, 5.74) is 3.29. The molecule has 2 N–H and O–H groups in total. The van der Waals surface area contributed by atoms with Gasteiger partial charge < -0.3 is 14.7 Å². The van der Waals surface area contributed by atoms with Crippen LogP contribution >= 0.6 is 11.6 Å². The van der Waals surface area contributed by atoms with Gasteiger partial charge in [0.2, 0.25) is 10.0 Å². The number of fused-ring (bicyclic) bond motifs is 3. The third kappa shape index (κ3) is 6.67. The van der Waals surface area contributed by atoms with Gasteiger partial charge in [-0.1, -0.05) is 43.7 Å². The summed E-state index contributed by atoms with van der Waals surface area (Å²) < 4.78 is 34.4. The van der Waals surface area contributed by atoms with Gasteiger partial charge in [0.1, 0.15) is 12.4 Å². The highest BCUT2D eigenvalue weighted by molar-refractivity contribution is 7.90. The standard InChI is InChI=1S/C31H39ClN2O5S/c1-20-6-12-29(35)27-11-8-24(27)17-34-14-4-3-5-22-15-26(32)10-7-25(22)18-39-30-13-9-23(16-28(30)34)31(36)33-40(37,38)19-21(20)2/h6-7,9-10,12-13,15-16,20-21,24,27,29,35H,3-5,8,11,14,17-19H2,1-2H3,(H,33,36)/b12-6+/t20-,21+,24-,27+,29+/m0/s1. The number of halogens is 1. The molecule has 2 aromatic rings. The SMILES string of the molecule is C[C@@H]1CS(=O)(=O)NC(=O)c2ccc3c(c2)N(CCCCc2cc(Cl)ccc2CO3)C[C@@H]2CC[C@H]2[C@H](O)/C=C/[C@@H]1C. The van der Waals surface area contributed by atoms with E-state index >= 15 is 0 Å². The molecule has 5 rings (SSSR count). The summed E-state index contributed by atoms with van der Waals surface area (Å²) in [6.07, 6.45) is 7.92. The van der Waals surface area contributed by atoms with Crippen molar-refractivity contribution in [3.8, 4) is 5.75 Å². The fourth-order valence-electron chi connectivity index (χ4n) is 5.99. The molecule has 40 heavy (non-hydrogen) atoms. The Bertz CT molecular complexity index is 1380. The molecular weight excluding hydrogens is 548 g/mol. The first-order chi connectivity index (χ1) is 19.1. The molecule has 0 radical (unpaired) electrons. The minimum atomic E-state index is -3.86. The van der Waals surface area contributed by atoms with E-state index in [4.69, 9.17) is 16.3 Å². The molecule has 3 aliphatic rings. The molecule has 5 atom stereocenters. The minimum Gasteiger partial charge on any atom is -0.487 e. The number of anilines is 1. The van der Waals surface area contributed by atoms with E-state index in [1.54, 1.807) is 18.2 Å². The van der Waals surface area contributed by atoms with Crippen molar-refractivity contribution in [1.82, 2.24) is 4.72 Å². The van der Waals surface area contributed by atoms with Crippen LogP contribution in [0.25, 0.3) is 0 Å². The smallest absolute Gasteiger partial charge is 0.264 e. The second-order valence-electron chi connectivity index (χ2n) is 11.7. The second-order valence-corrected chi connectivity index (χ2v) is 13.9. The van der Waals surface area contributed by atoms with Crippen molar-refractivity contribution < 1.29 is 23.1 Å². The highest BCUT2D eigenvalue weighted by Gasteiger charge is 2.37. The topological polar surface area (TPSA) is 95.9 Å². The number of carbonyl (C=O) groups is 1. The van der Waals surface area contributed by atoms with E-state index in [2.05, 4.69) is 9.62 Å². The van der Waals surface area contributed by atoms with Crippen LogP contribution < -0.4 is 14.4 Å². The number of amides is 1. The normalized spacial score (nSPS) is 29.9. The Labute approximate surface area is 242 Å². The predicted octanol–water partition coefficient (Wildman–Crippen LogP) is 5.35. The van der Waals surface area contributed by atoms with Gasteiger partial charge in [0.15, 0.2) is 0 Å². The molecule has 2 aromatic carbocycles. The molecule has 0 spiro atoms. The van der Waals surface area contributed by atoms with Crippen molar-refractivity contribution in [2.75, 3.05) is 23.7 Å². The minimum absolute atomic E-state index is 0.0687. The van der Waals surface area contributed by atoms with Crippen LogP contribution in [0, 0.1) is 23.7 Å². The molecule has 1 fully saturated rings. The van der Waals surface area contributed by atoms with Gasteiger partial charge in [0.05, 0.1) is 17.5 Å². The largest absolute Gasteiger partial charge is 0.487 e. The van der Waals surface area contributed by atoms with E-state index in [0.717, 1.165) is 56.4 Å². The number of nitrogens with zero attached hydrogens (tertiary/aromatic N) is 1. The van der Waals surface area contributed by atoms with Gasteiger partial charge in [-0.3, -0.25) is 4.79 Å². The number of ether oxygens (including phenoxy) is 1. The molecule has 1 aliphatic carbocycles. The van der Waals surface area contributed by atoms with E-state index in [-0.39, 0.29) is 29.1 Å². The highest BCUT2D eigenvalue weighted by atomic mass is 35.5. The Morgan fingerprint density at radius 3 is 2.65 bits per heavy atom. The molecule has 0 saturated heterocycles. The van der Waals surface area contributed by atoms with Gasteiger partial charge in [-0.05, 0) is 97.2 Å². The van der Waals surface area contributed by atoms with Crippen LogP contribution in [0.5, 0.6) is 5.75 Å². The fourth-order valence-corrected chi connectivity index (χ4v) is 7.67. The number of hydrogen-bond donors (Lipinski definition) is 2. The number of benzene rings is 2. The maximum absolute atomic E-state index is 13.2. The molecule has 9 heteroatoms. The zero-order chi connectivity index (χ0) is 28.4. The molecule has 2 heterocycles. The van der Waals surface area contributed by atoms with E-state index < -0.39 is 22.0 Å². The number of allylic oxidation sites excluding steroid dienone is 1. The Balaban J connectivity index is 1.53. The monoisotopic (exact) mass is 586 g/mol. The molecule has 2 bridgehead atoms. The Morgan fingerprint density at radius 1 is 1.05 bits per heavy atom. The average molecular weight is 587 g/mol. The zero-order valence-corrected chi connectivity index (χ0v) is 24.8. The van der Waals surface area contributed by atoms with Gasteiger partial charge in [-0.2, -0.15) is 0 Å². The molecule has 1 saturated carbocycles. The second kappa shape index (κ2) is 12.1. The quantitative estimate of drug-likeness (QED) is 0.404. The van der Waals surface area contributed by atoms with Crippen LogP contribution in [0.15, 0.2) is 48.6 Å². The number of aliphatic hydroxyl groups excluding tert-OH is 1. The zero-order valence-electron chi connectivity index (χ0n) is 23.2. The molecule has 1 amide bonds. The van der Waals surface area contributed by atoms with Crippen molar-refractivity contribution in [3.05, 3.63) is 70.3 Å². The van der Waals surface area contributed by atoms with E-state index in [1.165, 1.54) is 5.56 Å². The van der Waals surface area contributed by atoms with Gasteiger partial charge >= 0.3 is 0 Å². The number of nitrogens with one attached hydrogen (secondary N) is 1. The van der Waals surface area contributed by atoms with Crippen molar-refractivity contribution in [3.63, 3.8) is 0 Å². The lowest BCUT2D eigenvalue weighted by atomic mass is 9.70. The van der Waals surface area contributed by atoms with Crippen molar-refractivity contribution in [1.29, 1.82) is 0 Å². The summed E-state index contributed by atoms with van der Waals surface area (Å²) in [7, 11) is -3.86. The summed E-state index contributed by atoms with van der Waals surface area (Å²) >= 11 is 6.29. The van der Waals surface area contributed by atoms with Crippen LogP contribution in [0.4, 0.5) is 5.69 Å². The molecular formula is C31H39ClN2O5S. The number of aryl methyl sites for hydroxylation is 1. The van der Waals surface area contributed by atoms with Crippen LogP contribution in [0.3, 0.4) is 0 Å².